The zero-order chi connectivity index (χ0) is 13.9. The fourth-order valence-electron chi connectivity index (χ4n) is 3.17. The fraction of sp³-hybridized carbons (Fsp3) is 0.857. The molecule has 1 fully saturated rings. The molecule has 0 bridgehead atoms. The summed E-state index contributed by atoms with van der Waals surface area (Å²) in [6, 6.07) is 0. The van der Waals surface area contributed by atoms with Crippen molar-refractivity contribution < 1.29 is 19.8 Å². The van der Waals surface area contributed by atoms with Gasteiger partial charge in [0.15, 0.2) is 0 Å². The van der Waals surface area contributed by atoms with Crippen LogP contribution in [0.15, 0.2) is 0 Å². The number of carbonyl (C=O) groups is 2. The summed E-state index contributed by atoms with van der Waals surface area (Å²) in [5.74, 6) is -1.33. The van der Waals surface area contributed by atoms with E-state index < -0.39 is 17.9 Å². The molecule has 0 amide bonds. The largest absolute Gasteiger partial charge is 0.481 e. The molecule has 1 aliphatic carbocycles. The van der Waals surface area contributed by atoms with Gasteiger partial charge < -0.3 is 10.2 Å². The Morgan fingerprint density at radius 1 is 1.22 bits per heavy atom. The maximum Gasteiger partial charge on any atom is 0.307 e. The van der Waals surface area contributed by atoms with Gasteiger partial charge in [-0.15, -0.1) is 0 Å². The highest BCUT2D eigenvalue weighted by Gasteiger charge is 2.38. The van der Waals surface area contributed by atoms with Crippen molar-refractivity contribution in [2.45, 2.75) is 46.5 Å². The minimum Gasteiger partial charge on any atom is -0.481 e. The van der Waals surface area contributed by atoms with E-state index >= 15 is 0 Å². The second kappa shape index (κ2) is 6.21. The van der Waals surface area contributed by atoms with Crippen LogP contribution in [-0.2, 0) is 9.59 Å². The number of hydrogen-bond donors (Lipinski definition) is 2. The minimum absolute atomic E-state index is 0.000231. The van der Waals surface area contributed by atoms with Gasteiger partial charge in [0.1, 0.15) is 0 Å². The van der Waals surface area contributed by atoms with Crippen LogP contribution in [0.3, 0.4) is 0 Å². The van der Waals surface area contributed by atoms with Gasteiger partial charge in [-0.2, -0.15) is 0 Å². The number of carboxylic acids is 2. The van der Waals surface area contributed by atoms with Crippen molar-refractivity contribution in [3.05, 3.63) is 0 Å². The first kappa shape index (κ1) is 15.0. The molecule has 0 aromatic carbocycles. The van der Waals surface area contributed by atoms with E-state index in [0.717, 1.165) is 19.3 Å². The summed E-state index contributed by atoms with van der Waals surface area (Å²) in [5.41, 5.74) is 0. The lowest BCUT2D eigenvalue weighted by atomic mass is 9.66. The first-order valence-corrected chi connectivity index (χ1v) is 6.77. The molecule has 2 N–H and O–H groups in total. The molecule has 18 heavy (non-hydrogen) atoms. The van der Waals surface area contributed by atoms with Crippen LogP contribution in [0.5, 0.6) is 0 Å². The molecule has 4 atom stereocenters. The van der Waals surface area contributed by atoms with Gasteiger partial charge in [-0.25, -0.2) is 0 Å². The number of rotatable bonds is 5. The van der Waals surface area contributed by atoms with Crippen LogP contribution in [0.4, 0.5) is 0 Å². The van der Waals surface area contributed by atoms with Gasteiger partial charge in [-0.1, -0.05) is 27.2 Å². The molecule has 0 heterocycles. The molecule has 4 nitrogen and oxygen atoms in total. The molecule has 1 aliphatic rings. The Labute approximate surface area is 108 Å². The molecule has 0 saturated heterocycles. The van der Waals surface area contributed by atoms with Crippen molar-refractivity contribution >= 4 is 11.9 Å². The summed E-state index contributed by atoms with van der Waals surface area (Å²) >= 11 is 0. The summed E-state index contributed by atoms with van der Waals surface area (Å²) in [5, 5.41) is 18.1. The van der Waals surface area contributed by atoms with Crippen LogP contribution in [0, 0.1) is 29.6 Å². The maximum atomic E-state index is 11.3. The van der Waals surface area contributed by atoms with E-state index in [9.17, 15) is 14.7 Å². The van der Waals surface area contributed by atoms with Gasteiger partial charge in [0.25, 0.3) is 0 Å². The summed E-state index contributed by atoms with van der Waals surface area (Å²) < 4.78 is 0. The van der Waals surface area contributed by atoms with Crippen molar-refractivity contribution in [1.29, 1.82) is 0 Å². The minimum atomic E-state index is -1.01. The average Bonchev–Trinajstić information content (AvgIpc) is 2.26. The van der Waals surface area contributed by atoms with Gasteiger partial charge in [0.2, 0.25) is 0 Å². The van der Waals surface area contributed by atoms with Crippen molar-refractivity contribution in [3.63, 3.8) is 0 Å². The van der Waals surface area contributed by atoms with Gasteiger partial charge in [0.05, 0.1) is 12.3 Å². The predicted octanol–water partition coefficient (Wildman–Crippen LogP) is 2.87. The van der Waals surface area contributed by atoms with Crippen molar-refractivity contribution in [1.82, 2.24) is 0 Å². The first-order chi connectivity index (χ1) is 8.32. The standard InChI is InChI=1S/C14H24O4/c1-8(2)10-5-4-9(3)11(6-10)12(14(17)18)7-13(15)16/h8-12H,4-7H2,1-3H3,(H,15,16)(H,17,18). The van der Waals surface area contributed by atoms with E-state index in [0.29, 0.717) is 17.8 Å². The second-order valence-electron chi connectivity index (χ2n) is 6.00. The Balaban J connectivity index is 2.80. The molecule has 0 aromatic rings. The molecule has 1 saturated carbocycles. The molecule has 4 heteroatoms. The smallest absolute Gasteiger partial charge is 0.307 e. The van der Waals surface area contributed by atoms with Gasteiger partial charge in [-0.3, -0.25) is 9.59 Å². The number of carboxylic acid groups (broad SMARTS) is 2. The third-order valence-electron chi connectivity index (χ3n) is 4.47. The van der Waals surface area contributed by atoms with Crippen LogP contribution < -0.4 is 0 Å². The Hall–Kier alpha value is -1.06. The van der Waals surface area contributed by atoms with Crippen LogP contribution >= 0.6 is 0 Å². The summed E-state index contributed by atoms with van der Waals surface area (Å²) in [7, 11) is 0. The number of hydrogen-bond acceptors (Lipinski definition) is 2. The van der Waals surface area contributed by atoms with E-state index in [1.165, 1.54) is 0 Å². The SMILES string of the molecule is CC(C)C1CCC(C)C(C(CC(=O)O)C(=O)O)C1. The van der Waals surface area contributed by atoms with Crippen LogP contribution in [0.25, 0.3) is 0 Å². The molecular formula is C14H24O4. The normalized spacial score (nSPS) is 30.1. The van der Waals surface area contributed by atoms with Gasteiger partial charge >= 0.3 is 11.9 Å². The Bertz CT molecular complexity index is 311. The highest BCUT2D eigenvalue weighted by atomic mass is 16.4. The molecule has 4 unspecified atom stereocenters. The summed E-state index contributed by atoms with van der Waals surface area (Å²) in [6.45, 7) is 6.37. The quantitative estimate of drug-likeness (QED) is 0.793. The lowest BCUT2D eigenvalue weighted by Gasteiger charge is -2.38. The zero-order valence-electron chi connectivity index (χ0n) is 11.4. The van der Waals surface area contributed by atoms with E-state index in [1.807, 2.05) is 0 Å². The fourth-order valence-corrected chi connectivity index (χ4v) is 3.17. The topological polar surface area (TPSA) is 74.6 Å². The Morgan fingerprint density at radius 3 is 2.28 bits per heavy atom. The van der Waals surface area contributed by atoms with Gasteiger partial charge in [-0.05, 0) is 36.5 Å². The van der Waals surface area contributed by atoms with E-state index in [4.69, 9.17) is 5.11 Å². The number of aliphatic carboxylic acids is 2. The molecule has 0 spiro atoms. The van der Waals surface area contributed by atoms with Gasteiger partial charge in [0, 0.05) is 0 Å². The van der Waals surface area contributed by atoms with Crippen molar-refractivity contribution in [3.8, 4) is 0 Å². The molecule has 0 aliphatic heterocycles. The van der Waals surface area contributed by atoms with Crippen LogP contribution in [0.1, 0.15) is 46.5 Å². The van der Waals surface area contributed by atoms with Crippen LogP contribution in [-0.4, -0.2) is 22.2 Å². The lowest BCUT2D eigenvalue weighted by Crippen LogP contribution is -2.36. The Kier molecular flexibility index (Phi) is 5.17. The van der Waals surface area contributed by atoms with Crippen LogP contribution in [0.2, 0.25) is 0 Å². The third-order valence-corrected chi connectivity index (χ3v) is 4.47. The molecular weight excluding hydrogens is 232 g/mol. The van der Waals surface area contributed by atoms with E-state index in [2.05, 4.69) is 20.8 Å². The first-order valence-electron chi connectivity index (χ1n) is 6.77. The molecule has 1 rings (SSSR count). The van der Waals surface area contributed by atoms with Crippen molar-refractivity contribution in [2.24, 2.45) is 29.6 Å². The zero-order valence-corrected chi connectivity index (χ0v) is 11.4. The second-order valence-corrected chi connectivity index (χ2v) is 6.00. The highest BCUT2D eigenvalue weighted by Crippen LogP contribution is 2.41. The average molecular weight is 256 g/mol. The Morgan fingerprint density at radius 2 is 1.83 bits per heavy atom. The van der Waals surface area contributed by atoms with E-state index in [1.54, 1.807) is 0 Å². The monoisotopic (exact) mass is 256 g/mol. The summed E-state index contributed by atoms with van der Waals surface area (Å²) in [6.07, 6.45) is 2.74. The maximum absolute atomic E-state index is 11.3. The third kappa shape index (κ3) is 3.72. The molecule has 0 aromatic heterocycles. The highest BCUT2D eigenvalue weighted by molar-refractivity contribution is 5.78. The molecule has 0 radical (unpaired) electrons. The van der Waals surface area contributed by atoms with Crippen molar-refractivity contribution in [2.75, 3.05) is 0 Å². The predicted molar refractivity (Wildman–Crippen MR) is 68.2 cm³/mol. The lowest BCUT2D eigenvalue weighted by molar-refractivity contribution is -0.152. The summed E-state index contributed by atoms with van der Waals surface area (Å²) in [4.78, 5) is 22.1. The molecule has 104 valence electrons. The van der Waals surface area contributed by atoms with E-state index in [-0.39, 0.29) is 12.3 Å².